The molecule has 2 bridgehead atoms. The van der Waals surface area contributed by atoms with Crippen LogP contribution in [0.2, 0.25) is 0 Å². The first-order chi connectivity index (χ1) is 14.8. The summed E-state index contributed by atoms with van der Waals surface area (Å²) < 4.78 is 16.8. The summed E-state index contributed by atoms with van der Waals surface area (Å²) in [5.74, 6) is 0. The van der Waals surface area contributed by atoms with E-state index in [9.17, 15) is 4.79 Å². The van der Waals surface area contributed by atoms with Gasteiger partial charge in [0.05, 0.1) is 19.3 Å². The lowest BCUT2D eigenvalue weighted by molar-refractivity contribution is -0.0441. The molecule has 1 amide bonds. The molecule has 2 fully saturated rings. The molecule has 2 aromatic rings. The summed E-state index contributed by atoms with van der Waals surface area (Å²) >= 11 is 0. The Morgan fingerprint density at radius 2 is 1.77 bits per heavy atom. The molecule has 0 saturated carbocycles. The largest absolute Gasteiger partial charge is 0.445 e. The number of carbonyl (C=O) groups is 1. The molecular weight excluding hydrogens is 378 g/mol. The fourth-order valence-electron chi connectivity index (χ4n) is 4.73. The highest BCUT2D eigenvalue weighted by Crippen LogP contribution is 2.38. The van der Waals surface area contributed by atoms with Crippen LogP contribution < -0.4 is 0 Å². The van der Waals surface area contributed by atoms with Gasteiger partial charge in [-0.3, -0.25) is 4.90 Å². The van der Waals surface area contributed by atoms with Gasteiger partial charge < -0.3 is 14.2 Å². The Bertz CT molecular complexity index is 903. The Morgan fingerprint density at radius 1 is 1.00 bits per heavy atom. The van der Waals surface area contributed by atoms with E-state index in [4.69, 9.17) is 14.2 Å². The molecule has 5 heteroatoms. The van der Waals surface area contributed by atoms with Gasteiger partial charge in [-0.15, -0.1) is 0 Å². The fourth-order valence-corrected chi connectivity index (χ4v) is 4.73. The van der Waals surface area contributed by atoms with Gasteiger partial charge in [0.2, 0.25) is 0 Å². The molecule has 3 heterocycles. The molecule has 2 atom stereocenters. The van der Waals surface area contributed by atoms with E-state index in [2.05, 4.69) is 30.3 Å². The second-order valence-electron chi connectivity index (χ2n) is 8.19. The van der Waals surface area contributed by atoms with Gasteiger partial charge in [0, 0.05) is 11.6 Å². The van der Waals surface area contributed by atoms with E-state index in [-0.39, 0.29) is 24.5 Å². The lowest BCUT2D eigenvalue weighted by Crippen LogP contribution is -2.51. The van der Waals surface area contributed by atoms with Crippen LogP contribution in [0.15, 0.2) is 60.7 Å². The third kappa shape index (κ3) is 4.00. The van der Waals surface area contributed by atoms with E-state index in [1.807, 2.05) is 35.2 Å². The van der Waals surface area contributed by atoms with E-state index in [1.165, 1.54) is 11.1 Å². The molecular formula is C25H27NO4. The maximum Gasteiger partial charge on any atom is 0.410 e. The Labute approximate surface area is 177 Å². The SMILES string of the molecule is O=C(OCc1ccccc1)N1C2C=C(c3ccc(C4OCCO4)cc3)CC1CCC2. The van der Waals surface area contributed by atoms with Crippen molar-refractivity contribution in [3.05, 3.63) is 77.4 Å². The number of amides is 1. The fraction of sp³-hybridized carbons (Fsp3) is 0.400. The first-order valence-electron chi connectivity index (χ1n) is 10.8. The Hall–Kier alpha value is -2.63. The van der Waals surface area contributed by atoms with Gasteiger partial charge in [-0.25, -0.2) is 4.79 Å². The van der Waals surface area contributed by atoms with Crippen molar-refractivity contribution in [2.24, 2.45) is 0 Å². The molecule has 3 aliphatic heterocycles. The summed E-state index contributed by atoms with van der Waals surface area (Å²) in [5.41, 5.74) is 4.60. The molecule has 5 rings (SSSR count). The average Bonchev–Trinajstić information content (AvgIpc) is 3.32. The predicted molar refractivity (Wildman–Crippen MR) is 114 cm³/mol. The van der Waals surface area contributed by atoms with Gasteiger partial charge in [-0.05, 0) is 42.4 Å². The van der Waals surface area contributed by atoms with Crippen molar-refractivity contribution in [1.29, 1.82) is 0 Å². The molecule has 3 aliphatic rings. The number of carbonyl (C=O) groups excluding carboxylic acids is 1. The van der Waals surface area contributed by atoms with Gasteiger partial charge in [0.25, 0.3) is 0 Å². The zero-order valence-corrected chi connectivity index (χ0v) is 17.0. The molecule has 5 nitrogen and oxygen atoms in total. The second-order valence-corrected chi connectivity index (χ2v) is 8.19. The first-order valence-corrected chi connectivity index (χ1v) is 10.8. The summed E-state index contributed by atoms with van der Waals surface area (Å²) in [5, 5.41) is 0. The average molecular weight is 405 g/mol. The van der Waals surface area contributed by atoms with Crippen LogP contribution in [-0.2, 0) is 20.8 Å². The van der Waals surface area contributed by atoms with Crippen molar-refractivity contribution in [3.8, 4) is 0 Å². The Kier molecular flexibility index (Phi) is 5.56. The van der Waals surface area contributed by atoms with E-state index in [0.717, 1.165) is 36.8 Å². The third-order valence-corrected chi connectivity index (χ3v) is 6.23. The first kappa shape index (κ1) is 19.3. The predicted octanol–water partition coefficient (Wildman–Crippen LogP) is 5.08. The molecule has 0 N–H and O–H groups in total. The van der Waals surface area contributed by atoms with Crippen molar-refractivity contribution in [1.82, 2.24) is 4.90 Å². The van der Waals surface area contributed by atoms with E-state index >= 15 is 0 Å². The highest BCUT2D eigenvalue weighted by atomic mass is 16.7. The van der Waals surface area contributed by atoms with Gasteiger partial charge in [0.15, 0.2) is 6.29 Å². The van der Waals surface area contributed by atoms with Crippen LogP contribution in [0.1, 0.15) is 48.7 Å². The Morgan fingerprint density at radius 3 is 2.50 bits per heavy atom. The number of nitrogens with zero attached hydrogens (tertiary/aromatic N) is 1. The molecule has 30 heavy (non-hydrogen) atoms. The topological polar surface area (TPSA) is 48.0 Å². The summed E-state index contributed by atoms with van der Waals surface area (Å²) in [6.07, 6.45) is 5.85. The van der Waals surface area contributed by atoms with Gasteiger partial charge >= 0.3 is 6.09 Å². The zero-order chi connectivity index (χ0) is 20.3. The minimum atomic E-state index is -0.242. The quantitative estimate of drug-likeness (QED) is 0.712. The number of hydrogen-bond donors (Lipinski definition) is 0. The maximum atomic E-state index is 12.9. The van der Waals surface area contributed by atoms with Crippen molar-refractivity contribution in [3.63, 3.8) is 0 Å². The van der Waals surface area contributed by atoms with Crippen molar-refractivity contribution in [2.45, 2.75) is 50.7 Å². The van der Waals surface area contributed by atoms with E-state index in [1.54, 1.807) is 0 Å². The summed E-state index contributed by atoms with van der Waals surface area (Å²) in [7, 11) is 0. The van der Waals surface area contributed by atoms with Crippen LogP contribution in [0.25, 0.3) is 5.57 Å². The van der Waals surface area contributed by atoms with Crippen LogP contribution in [0.4, 0.5) is 4.79 Å². The van der Waals surface area contributed by atoms with Crippen LogP contribution in [-0.4, -0.2) is 36.3 Å². The van der Waals surface area contributed by atoms with Gasteiger partial charge in [0.1, 0.15) is 6.61 Å². The highest BCUT2D eigenvalue weighted by molar-refractivity contribution is 5.74. The van der Waals surface area contributed by atoms with Crippen LogP contribution in [0.3, 0.4) is 0 Å². The van der Waals surface area contributed by atoms with E-state index in [0.29, 0.717) is 19.8 Å². The standard InChI is InChI=1S/C25H27NO4/c27-25(30-17-18-5-2-1-3-6-18)26-22-7-4-8-23(26)16-21(15-22)19-9-11-20(12-10-19)24-28-13-14-29-24/h1-3,5-6,9-12,15,22-24H,4,7-8,13-14,16-17H2. The lowest BCUT2D eigenvalue weighted by atomic mass is 9.83. The molecule has 0 radical (unpaired) electrons. The van der Waals surface area contributed by atoms with Crippen molar-refractivity contribution >= 4 is 11.7 Å². The zero-order valence-electron chi connectivity index (χ0n) is 17.0. The summed E-state index contributed by atoms with van der Waals surface area (Å²) in [6.45, 7) is 1.62. The summed E-state index contributed by atoms with van der Waals surface area (Å²) in [4.78, 5) is 14.8. The Balaban J connectivity index is 1.29. The molecule has 0 spiro atoms. The lowest BCUT2D eigenvalue weighted by Gasteiger charge is -2.44. The number of fused-ring (bicyclic) bond motifs is 2. The van der Waals surface area contributed by atoms with Crippen molar-refractivity contribution in [2.75, 3.05) is 13.2 Å². The van der Waals surface area contributed by atoms with E-state index < -0.39 is 0 Å². The molecule has 0 aliphatic carbocycles. The maximum absolute atomic E-state index is 12.9. The minimum Gasteiger partial charge on any atom is -0.445 e. The number of benzene rings is 2. The van der Waals surface area contributed by atoms with Gasteiger partial charge in [-0.1, -0.05) is 60.7 Å². The summed E-state index contributed by atoms with van der Waals surface area (Å²) in [6, 6.07) is 18.6. The van der Waals surface area contributed by atoms with Crippen LogP contribution >= 0.6 is 0 Å². The monoisotopic (exact) mass is 405 g/mol. The normalized spacial score (nSPS) is 23.9. The smallest absolute Gasteiger partial charge is 0.410 e. The van der Waals surface area contributed by atoms with Crippen LogP contribution in [0, 0.1) is 0 Å². The molecule has 156 valence electrons. The number of hydrogen-bond acceptors (Lipinski definition) is 4. The minimum absolute atomic E-state index is 0.108. The molecule has 0 aromatic heterocycles. The number of rotatable bonds is 4. The molecule has 2 saturated heterocycles. The number of piperidine rings is 1. The van der Waals surface area contributed by atoms with Gasteiger partial charge in [-0.2, -0.15) is 0 Å². The second kappa shape index (κ2) is 8.62. The van der Waals surface area contributed by atoms with Crippen molar-refractivity contribution < 1.29 is 19.0 Å². The van der Waals surface area contributed by atoms with Crippen LogP contribution in [0.5, 0.6) is 0 Å². The number of ether oxygens (including phenoxy) is 3. The molecule has 2 aromatic carbocycles. The third-order valence-electron chi connectivity index (χ3n) is 6.23. The molecule has 2 unspecified atom stereocenters. The highest BCUT2D eigenvalue weighted by Gasteiger charge is 2.38.